The van der Waals surface area contributed by atoms with Gasteiger partial charge in [0.05, 0.1) is 17.6 Å². The molecule has 4 rings (SSSR count). The van der Waals surface area contributed by atoms with Crippen molar-refractivity contribution in [3.63, 3.8) is 0 Å². The van der Waals surface area contributed by atoms with Gasteiger partial charge in [-0.1, -0.05) is 30.3 Å². The molecule has 0 fully saturated rings. The fourth-order valence-corrected chi connectivity index (χ4v) is 3.18. The molecule has 0 atom stereocenters. The molecule has 0 saturated heterocycles. The molecule has 0 bridgehead atoms. The van der Waals surface area contributed by atoms with Crippen LogP contribution in [0.15, 0.2) is 54.7 Å². The minimum absolute atomic E-state index is 0.00714. The number of carbonyl (C=O) groups excluding carboxylic acids is 1. The summed E-state index contributed by atoms with van der Waals surface area (Å²) < 4.78 is 50.3. The van der Waals surface area contributed by atoms with Crippen LogP contribution in [0.1, 0.15) is 15.9 Å². The fraction of sp³-hybridized carbons (Fsp3) is 0.200. The molecule has 144 valence electrons. The second-order valence-corrected chi connectivity index (χ2v) is 6.31. The van der Waals surface area contributed by atoms with E-state index in [4.69, 9.17) is 9.47 Å². The summed E-state index contributed by atoms with van der Waals surface area (Å²) in [6.45, 7) is -1.67. The lowest BCUT2D eigenvalue weighted by molar-refractivity contribution is -0.141. The number of amides is 1. The lowest BCUT2D eigenvalue weighted by Gasteiger charge is -2.25. The van der Waals surface area contributed by atoms with Crippen molar-refractivity contribution >= 4 is 16.8 Å². The first kappa shape index (κ1) is 18.1. The summed E-state index contributed by atoms with van der Waals surface area (Å²) in [6, 6.07) is 13.2. The van der Waals surface area contributed by atoms with Crippen molar-refractivity contribution in [3.8, 4) is 11.5 Å². The number of aromatic nitrogens is 1. The van der Waals surface area contributed by atoms with Gasteiger partial charge in [0.15, 0.2) is 11.5 Å². The Morgan fingerprint density at radius 3 is 2.68 bits per heavy atom. The number of alkyl halides is 3. The number of rotatable bonds is 4. The van der Waals surface area contributed by atoms with Crippen molar-refractivity contribution < 1.29 is 27.4 Å². The Morgan fingerprint density at radius 2 is 1.86 bits per heavy atom. The van der Waals surface area contributed by atoms with Crippen LogP contribution in [-0.4, -0.2) is 35.3 Å². The van der Waals surface area contributed by atoms with Crippen molar-refractivity contribution in [2.45, 2.75) is 12.7 Å². The topological polar surface area (TPSA) is 51.7 Å². The molecule has 0 spiro atoms. The average molecular weight is 388 g/mol. The monoisotopic (exact) mass is 388 g/mol. The third-order valence-corrected chi connectivity index (χ3v) is 4.36. The molecule has 2 aromatic carbocycles. The summed E-state index contributed by atoms with van der Waals surface area (Å²) in [5, 5.41) is 0.678. The highest BCUT2D eigenvalue weighted by atomic mass is 19.4. The third kappa shape index (κ3) is 3.58. The number of hydrogen-bond acceptors (Lipinski definition) is 4. The highest BCUT2D eigenvalue weighted by Gasteiger charge is 2.35. The smallest absolute Gasteiger partial charge is 0.406 e. The summed E-state index contributed by atoms with van der Waals surface area (Å²) in [5.74, 6) is 0.0559. The molecular weight excluding hydrogens is 373 g/mol. The Labute approximate surface area is 158 Å². The summed E-state index contributed by atoms with van der Waals surface area (Å²) in [6.07, 6.45) is -3.05. The van der Waals surface area contributed by atoms with Gasteiger partial charge in [0.1, 0.15) is 6.54 Å². The van der Waals surface area contributed by atoms with Crippen LogP contribution >= 0.6 is 0 Å². The Morgan fingerprint density at radius 1 is 1.07 bits per heavy atom. The Kier molecular flexibility index (Phi) is 4.54. The van der Waals surface area contributed by atoms with E-state index in [-0.39, 0.29) is 18.9 Å². The molecule has 8 heteroatoms. The van der Waals surface area contributed by atoms with Gasteiger partial charge in [-0.3, -0.25) is 9.78 Å². The minimum Gasteiger partial charge on any atom is -0.454 e. The predicted octanol–water partition coefficient (Wildman–Crippen LogP) is 4.17. The zero-order chi connectivity index (χ0) is 19.7. The summed E-state index contributed by atoms with van der Waals surface area (Å²) in [5.41, 5.74) is 0.924. The number of pyridine rings is 1. The van der Waals surface area contributed by atoms with E-state index >= 15 is 0 Å². The van der Waals surface area contributed by atoms with E-state index in [9.17, 15) is 18.0 Å². The van der Waals surface area contributed by atoms with Crippen LogP contribution in [0.5, 0.6) is 11.5 Å². The van der Waals surface area contributed by atoms with Gasteiger partial charge in [0.25, 0.3) is 5.91 Å². The number of fused-ring (bicyclic) bond motifs is 2. The number of halogens is 3. The number of ether oxygens (including phenoxy) is 2. The molecule has 0 saturated carbocycles. The molecule has 0 N–H and O–H groups in total. The highest BCUT2D eigenvalue weighted by molar-refractivity contribution is 6.05. The van der Waals surface area contributed by atoms with Gasteiger partial charge >= 0.3 is 6.18 Å². The molecule has 1 aromatic heterocycles. The minimum atomic E-state index is -4.55. The van der Waals surface area contributed by atoms with Crippen LogP contribution in [0.3, 0.4) is 0 Å². The second kappa shape index (κ2) is 7.03. The van der Waals surface area contributed by atoms with Crippen LogP contribution in [0.2, 0.25) is 0 Å². The average Bonchev–Trinajstić information content (AvgIpc) is 3.15. The molecule has 0 unspecified atom stereocenters. The van der Waals surface area contributed by atoms with Gasteiger partial charge in [0, 0.05) is 17.1 Å². The molecule has 2 heterocycles. The predicted molar refractivity (Wildman–Crippen MR) is 95.1 cm³/mol. The Bertz CT molecular complexity index is 1030. The van der Waals surface area contributed by atoms with Crippen LogP contribution < -0.4 is 9.47 Å². The van der Waals surface area contributed by atoms with Gasteiger partial charge in [-0.2, -0.15) is 13.2 Å². The van der Waals surface area contributed by atoms with Gasteiger partial charge in [-0.25, -0.2) is 0 Å². The van der Waals surface area contributed by atoms with Crippen LogP contribution in [-0.2, 0) is 6.54 Å². The summed E-state index contributed by atoms with van der Waals surface area (Å²) in [7, 11) is 0. The molecule has 3 aromatic rings. The van der Waals surface area contributed by atoms with Gasteiger partial charge < -0.3 is 14.4 Å². The molecule has 5 nitrogen and oxygen atoms in total. The number of carbonyl (C=O) groups is 1. The van der Waals surface area contributed by atoms with Crippen LogP contribution in [0.25, 0.3) is 10.9 Å². The lowest BCUT2D eigenvalue weighted by Crippen LogP contribution is -2.38. The van der Waals surface area contributed by atoms with E-state index in [0.29, 0.717) is 28.0 Å². The first-order valence-corrected chi connectivity index (χ1v) is 8.50. The molecule has 1 amide bonds. The largest absolute Gasteiger partial charge is 0.454 e. The Balaban J connectivity index is 1.72. The summed E-state index contributed by atoms with van der Waals surface area (Å²) >= 11 is 0. The maximum absolute atomic E-state index is 13.2. The molecular formula is C20H15F3N2O3. The maximum atomic E-state index is 13.2. The normalized spacial score (nSPS) is 13.0. The van der Waals surface area contributed by atoms with Crippen LogP contribution in [0.4, 0.5) is 13.2 Å². The quantitative estimate of drug-likeness (QED) is 0.673. The van der Waals surface area contributed by atoms with Crippen molar-refractivity contribution in [3.05, 3.63) is 65.9 Å². The molecule has 28 heavy (non-hydrogen) atoms. The highest BCUT2D eigenvalue weighted by Crippen LogP contribution is 2.36. The van der Waals surface area contributed by atoms with Crippen molar-refractivity contribution in [2.24, 2.45) is 0 Å². The number of nitrogens with zero attached hydrogens (tertiary/aromatic N) is 2. The lowest BCUT2D eigenvalue weighted by atomic mass is 10.1. The maximum Gasteiger partial charge on any atom is 0.406 e. The van der Waals surface area contributed by atoms with Gasteiger partial charge in [0.2, 0.25) is 6.79 Å². The first-order chi connectivity index (χ1) is 13.4. The third-order valence-electron chi connectivity index (χ3n) is 4.36. The molecule has 1 aliphatic rings. The fourth-order valence-electron chi connectivity index (χ4n) is 3.18. The van der Waals surface area contributed by atoms with E-state index in [0.717, 1.165) is 4.90 Å². The molecule has 0 aliphatic carbocycles. The van der Waals surface area contributed by atoms with E-state index < -0.39 is 18.6 Å². The van der Waals surface area contributed by atoms with E-state index in [1.165, 1.54) is 12.3 Å². The molecule has 1 aliphatic heterocycles. The Hall–Kier alpha value is -3.29. The van der Waals surface area contributed by atoms with Crippen molar-refractivity contribution in [1.82, 2.24) is 9.88 Å². The second-order valence-electron chi connectivity index (χ2n) is 6.31. The standard InChI is InChI=1S/C20H15F3N2O3/c21-20(22,23)11-25(10-14-5-2-8-16-18(14)28-12-27-16)19(26)15-7-1-4-13-6-3-9-24-17(13)15/h1-9H,10-12H2. The molecule has 0 radical (unpaired) electrons. The van der Waals surface area contributed by atoms with Gasteiger partial charge in [-0.05, 0) is 18.2 Å². The zero-order valence-electron chi connectivity index (χ0n) is 14.6. The number of benzene rings is 2. The van der Waals surface area contributed by atoms with Gasteiger partial charge in [-0.15, -0.1) is 0 Å². The zero-order valence-corrected chi connectivity index (χ0v) is 14.6. The number of hydrogen-bond donors (Lipinski definition) is 0. The van der Waals surface area contributed by atoms with Crippen molar-refractivity contribution in [1.29, 1.82) is 0 Å². The SMILES string of the molecule is O=C(c1cccc2cccnc12)N(Cc1cccc2c1OCO2)CC(F)(F)F. The van der Waals surface area contributed by atoms with Crippen LogP contribution in [0, 0.1) is 0 Å². The summed E-state index contributed by atoms with van der Waals surface area (Å²) in [4.78, 5) is 18.0. The first-order valence-electron chi connectivity index (χ1n) is 8.50. The van der Waals surface area contributed by atoms with E-state index in [1.54, 1.807) is 42.5 Å². The van der Waals surface area contributed by atoms with E-state index in [1.807, 2.05) is 0 Å². The van der Waals surface area contributed by atoms with E-state index in [2.05, 4.69) is 4.98 Å². The van der Waals surface area contributed by atoms with Crippen molar-refractivity contribution in [2.75, 3.05) is 13.3 Å². The number of para-hydroxylation sites is 2.